The summed E-state index contributed by atoms with van der Waals surface area (Å²) >= 11 is 3.52. The highest BCUT2D eigenvalue weighted by Gasteiger charge is 2.11. The number of hydrogen-bond donors (Lipinski definition) is 1. The van der Waals surface area contributed by atoms with Crippen molar-refractivity contribution in [2.75, 3.05) is 0 Å². The Morgan fingerprint density at radius 1 is 1.24 bits per heavy atom. The molecule has 112 valence electrons. The van der Waals surface area contributed by atoms with Gasteiger partial charge in [0.05, 0.1) is 0 Å². The van der Waals surface area contributed by atoms with Gasteiger partial charge < -0.3 is 10.1 Å². The SMILES string of the molecule is CC(C)(C)NCc1cc(Br)ccc1OCc1cccnc1. The van der Waals surface area contributed by atoms with E-state index >= 15 is 0 Å². The minimum atomic E-state index is 0.0724. The molecule has 2 rings (SSSR count). The van der Waals surface area contributed by atoms with Gasteiger partial charge in [-0.05, 0) is 45.0 Å². The monoisotopic (exact) mass is 348 g/mol. The van der Waals surface area contributed by atoms with Crippen LogP contribution in [0.15, 0.2) is 47.2 Å². The number of pyridine rings is 1. The Kier molecular flexibility index (Phi) is 5.37. The molecule has 0 saturated heterocycles. The first-order valence-electron chi connectivity index (χ1n) is 6.99. The summed E-state index contributed by atoms with van der Waals surface area (Å²) in [5, 5.41) is 3.49. The maximum atomic E-state index is 5.94. The third-order valence-corrected chi connectivity index (χ3v) is 3.44. The maximum Gasteiger partial charge on any atom is 0.124 e. The van der Waals surface area contributed by atoms with Crippen LogP contribution in [0, 0.1) is 0 Å². The van der Waals surface area contributed by atoms with Gasteiger partial charge in [0, 0.05) is 40.1 Å². The number of aromatic nitrogens is 1. The molecule has 0 radical (unpaired) electrons. The molecule has 0 aliphatic rings. The fraction of sp³-hybridized carbons (Fsp3) is 0.353. The van der Waals surface area contributed by atoms with Crippen LogP contribution >= 0.6 is 15.9 Å². The van der Waals surface area contributed by atoms with Crippen LogP contribution in [0.4, 0.5) is 0 Å². The van der Waals surface area contributed by atoms with E-state index < -0.39 is 0 Å². The van der Waals surface area contributed by atoms with Crippen LogP contribution in [0.25, 0.3) is 0 Å². The van der Waals surface area contributed by atoms with Crippen LogP contribution in [-0.2, 0) is 13.2 Å². The summed E-state index contributed by atoms with van der Waals surface area (Å²) in [4.78, 5) is 4.10. The topological polar surface area (TPSA) is 34.1 Å². The Morgan fingerprint density at radius 3 is 2.71 bits per heavy atom. The first kappa shape index (κ1) is 16.0. The quantitative estimate of drug-likeness (QED) is 0.873. The molecule has 0 fully saturated rings. The minimum absolute atomic E-state index is 0.0724. The van der Waals surface area contributed by atoms with Gasteiger partial charge in [-0.2, -0.15) is 0 Å². The van der Waals surface area contributed by atoms with E-state index in [-0.39, 0.29) is 5.54 Å². The van der Waals surface area contributed by atoms with Crippen molar-refractivity contribution in [1.29, 1.82) is 0 Å². The van der Waals surface area contributed by atoms with E-state index in [4.69, 9.17) is 4.74 Å². The second-order valence-corrected chi connectivity index (χ2v) is 6.92. The first-order valence-corrected chi connectivity index (χ1v) is 7.78. The van der Waals surface area contributed by atoms with Crippen molar-refractivity contribution in [3.05, 3.63) is 58.3 Å². The summed E-state index contributed by atoms with van der Waals surface area (Å²) in [6.45, 7) is 7.76. The van der Waals surface area contributed by atoms with Gasteiger partial charge in [-0.25, -0.2) is 0 Å². The lowest BCUT2D eigenvalue weighted by Crippen LogP contribution is -2.35. The predicted molar refractivity (Wildman–Crippen MR) is 89.3 cm³/mol. The summed E-state index contributed by atoms with van der Waals surface area (Å²) in [5.41, 5.74) is 2.28. The number of benzene rings is 1. The Bertz CT molecular complexity index is 579. The molecule has 1 heterocycles. The van der Waals surface area contributed by atoms with E-state index in [1.54, 1.807) is 6.20 Å². The Labute approximate surface area is 134 Å². The van der Waals surface area contributed by atoms with Crippen molar-refractivity contribution in [3.8, 4) is 5.75 Å². The van der Waals surface area contributed by atoms with Crippen LogP contribution < -0.4 is 10.1 Å². The van der Waals surface area contributed by atoms with E-state index in [0.29, 0.717) is 6.61 Å². The van der Waals surface area contributed by atoms with Crippen LogP contribution in [0.2, 0.25) is 0 Å². The average molecular weight is 349 g/mol. The lowest BCUT2D eigenvalue weighted by Gasteiger charge is -2.22. The normalized spacial score (nSPS) is 11.4. The molecule has 0 amide bonds. The van der Waals surface area contributed by atoms with E-state index in [1.807, 2.05) is 30.5 Å². The number of ether oxygens (including phenoxy) is 1. The summed E-state index contributed by atoms with van der Waals surface area (Å²) < 4.78 is 7.00. The predicted octanol–water partition coefficient (Wildman–Crippen LogP) is 4.31. The molecule has 1 aromatic heterocycles. The molecule has 0 saturated carbocycles. The molecule has 0 aliphatic carbocycles. The van der Waals surface area contributed by atoms with Gasteiger partial charge in [0.25, 0.3) is 0 Å². The molecular formula is C17H21BrN2O. The zero-order chi connectivity index (χ0) is 15.3. The molecule has 0 atom stereocenters. The fourth-order valence-corrected chi connectivity index (χ4v) is 2.24. The lowest BCUT2D eigenvalue weighted by atomic mass is 10.1. The van der Waals surface area contributed by atoms with Crippen LogP contribution in [0.5, 0.6) is 5.75 Å². The largest absolute Gasteiger partial charge is 0.489 e. The Balaban J connectivity index is 2.07. The number of nitrogens with zero attached hydrogens (tertiary/aromatic N) is 1. The van der Waals surface area contributed by atoms with E-state index in [2.05, 4.69) is 53.1 Å². The van der Waals surface area contributed by atoms with Gasteiger partial charge in [-0.15, -0.1) is 0 Å². The van der Waals surface area contributed by atoms with Gasteiger partial charge in [0.1, 0.15) is 12.4 Å². The number of halogens is 1. The van der Waals surface area contributed by atoms with Gasteiger partial charge in [0.15, 0.2) is 0 Å². The van der Waals surface area contributed by atoms with Crippen LogP contribution in [0.1, 0.15) is 31.9 Å². The molecule has 2 aromatic rings. The molecule has 1 aromatic carbocycles. The van der Waals surface area contributed by atoms with Gasteiger partial charge >= 0.3 is 0 Å². The second kappa shape index (κ2) is 7.05. The van der Waals surface area contributed by atoms with Crippen molar-refractivity contribution >= 4 is 15.9 Å². The summed E-state index contributed by atoms with van der Waals surface area (Å²) in [6, 6.07) is 10.0. The van der Waals surface area contributed by atoms with Gasteiger partial charge in [-0.1, -0.05) is 22.0 Å². The van der Waals surface area contributed by atoms with Crippen LogP contribution in [-0.4, -0.2) is 10.5 Å². The van der Waals surface area contributed by atoms with Crippen LogP contribution in [0.3, 0.4) is 0 Å². The minimum Gasteiger partial charge on any atom is -0.489 e. The number of rotatable bonds is 5. The zero-order valence-electron chi connectivity index (χ0n) is 12.7. The Hall–Kier alpha value is -1.39. The van der Waals surface area contributed by atoms with Gasteiger partial charge in [-0.3, -0.25) is 4.98 Å². The molecule has 0 bridgehead atoms. The maximum absolute atomic E-state index is 5.94. The molecule has 4 heteroatoms. The molecule has 21 heavy (non-hydrogen) atoms. The third-order valence-electron chi connectivity index (χ3n) is 2.95. The van der Waals surface area contributed by atoms with E-state index in [0.717, 1.165) is 27.9 Å². The standard InChI is InChI=1S/C17H21BrN2O/c1-17(2,3)20-11-14-9-15(18)6-7-16(14)21-12-13-5-4-8-19-10-13/h4-10,20H,11-12H2,1-3H3. The van der Waals surface area contributed by atoms with E-state index in [9.17, 15) is 0 Å². The van der Waals surface area contributed by atoms with E-state index in [1.165, 1.54) is 0 Å². The Morgan fingerprint density at radius 2 is 2.05 bits per heavy atom. The molecule has 3 nitrogen and oxygen atoms in total. The van der Waals surface area contributed by atoms with Crippen molar-refractivity contribution in [2.24, 2.45) is 0 Å². The highest BCUT2D eigenvalue weighted by atomic mass is 79.9. The highest BCUT2D eigenvalue weighted by molar-refractivity contribution is 9.10. The molecule has 1 N–H and O–H groups in total. The molecule has 0 aliphatic heterocycles. The van der Waals surface area contributed by atoms with Gasteiger partial charge in [0.2, 0.25) is 0 Å². The van der Waals surface area contributed by atoms with Crippen molar-refractivity contribution in [3.63, 3.8) is 0 Å². The number of nitrogens with one attached hydrogen (secondary N) is 1. The second-order valence-electron chi connectivity index (χ2n) is 6.01. The summed E-state index contributed by atoms with van der Waals surface area (Å²) in [5.74, 6) is 0.902. The van der Waals surface area contributed by atoms with Crippen molar-refractivity contribution in [2.45, 2.75) is 39.5 Å². The molecule has 0 spiro atoms. The highest BCUT2D eigenvalue weighted by Crippen LogP contribution is 2.24. The first-order chi connectivity index (χ1) is 9.94. The summed E-state index contributed by atoms with van der Waals surface area (Å²) in [6.07, 6.45) is 3.59. The smallest absolute Gasteiger partial charge is 0.124 e. The van der Waals surface area contributed by atoms with Crippen molar-refractivity contribution < 1.29 is 4.74 Å². The summed E-state index contributed by atoms with van der Waals surface area (Å²) in [7, 11) is 0. The lowest BCUT2D eigenvalue weighted by molar-refractivity contribution is 0.299. The fourth-order valence-electron chi connectivity index (χ4n) is 1.83. The number of hydrogen-bond acceptors (Lipinski definition) is 3. The van der Waals surface area contributed by atoms with Crippen molar-refractivity contribution in [1.82, 2.24) is 10.3 Å². The third kappa shape index (κ3) is 5.48. The zero-order valence-corrected chi connectivity index (χ0v) is 14.3. The molecule has 0 unspecified atom stereocenters. The average Bonchev–Trinajstić information content (AvgIpc) is 2.44. The molecular weight excluding hydrogens is 328 g/mol.